The number of carbonyl (C=O) groups is 2. The number of hydrogen-bond acceptors (Lipinski definition) is 3. The molecule has 2 saturated heterocycles. The van der Waals surface area contributed by atoms with Gasteiger partial charge in [-0.25, -0.2) is 4.39 Å². The van der Waals surface area contributed by atoms with Gasteiger partial charge < -0.3 is 14.5 Å². The second kappa shape index (κ2) is 8.66. The number of likely N-dealkylation sites (tertiary alicyclic amines) is 1. The number of hydrogen-bond donors (Lipinski definition) is 0. The van der Waals surface area contributed by atoms with E-state index in [2.05, 4.69) is 24.3 Å². The van der Waals surface area contributed by atoms with Crippen LogP contribution < -0.4 is 0 Å². The number of morpholine rings is 1. The van der Waals surface area contributed by atoms with Gasteiger partial charge in [-0.15, -0.1) is 0 Å². The molecule has 2 aliphatic heterocycles. The number of piperidine rings is 1. The van der Waals surface area contributed by atoms with Gasteiger partial charge in [0.1, 0.15) is 5.82 Å². The molecular weight excluding hydrogens is 407 g/mol. The SMILES string of the molecule is O=C(C[C@@H]1CC2(CCN(C(=O)c3cccc(F)c3)CC2)c2ccccc21)N1CCOCC1. The second-order valence-electron chi connectivity index (χ2n) is 9.27. The number of fused-ring (bicyclic) bond motifs is 2. The topological polar surface area (TPSA) is 49.9 Å². The molecule has 2 aromatic carbocycles. The minimum absolute atomic E-state index is 0.00523. The summed E-state index contributed by atoms with van der Waals surface area (Å²) in [6.07, 6.45) is 3.22. The van der Waals surface area contributed by atoms with Crippen molar-refractivity contribution in [3.63, 3.8) is 0 Å². The minimum Gasteiger partial charge on any atom is -0.378 e. The molecule has 5 nitrogen and oxygen atoms in total. The molecule has 0 unspecified atom stereocenters. The summed E-state index contributed by atoms with van der Waals surface area (Å²) < 4.78 is 19.0. The van der Waals surface area contributed by atoms with Gasteiger partial charge in [0.25, 0.3) is 5.91 Å². The molecule has 5 rings (SSSR count). The molecule has 0 N–H and O–H groups in total. The van der Waals surface area contributed by atoms with Crippen LogP contribution in [0.15, 0.2) is 48.5 Å². The van der Waals surface area contributed by atoms with Crippen LogP contribution >= 0.6 is 0 Å². The first kappa shape index (κ1) is 21.1. The van der Waals surface area contributed by atoms with Crippen LogP contribution in [0.2, 0.25) is 0 Å². The van der Waals surface area contributed by atoms with Crippen molar-refractivity contribution >= 4 is 11.8 Å². The summed E-state index contributed by atoms with van der Waals surface area (Å²) in [6, 6.07) is 14.4. The van der Waals surface area contributed by atoms with Crippen molar-refractivity contribution in [2.45, 2.75) is 37.0 Å². The lowest BCUT2D eigenvalue weighted by molar-refractivity contribution is -0.135. The number of ether oxygens (including phenoxy) is 1. The van der Waals surface area contributed by atoms with Gasteiger partial charge >= 0.3 is 0 Å². The summed E-state index contributed by atoms with van der Waals surface area (Å²) in [5, 5.41) is 0. The van der Waals surface area contributed by atoms with E-state index in [1.165, 1.54) is 23.3 Å². The lowest BCUT2D eigenvalue weighted by Crippen LogP contribution is -2.44. The Balaban J connectivity index is 1.30. The first-order chi connectivity index (χ1) is 15.6. The summed E-state index contributed by atoms with van der Waals surface area (Å²) in [7, 11) is 0. The molecule has 0 aromatic heterocycles. The molecular formula is C26H29FN2O3. The fraction of sp³-hybridized carbons (Fsp3) is 0.462. The summed E-state index contributed by atoms with van der Waals surface area (Å²) in [6.45, 7) is 3.88. The molecule has 2 amide bonds. The van der Waals surface area contributed by atoms with Gasteiger partial charge in [0.2, 0.25) is 5.91 Å². The van der Waals surface area contributed by atoms with Crippen LogP contribution in [0.5, 0.6) is 0 Å². The number of rotatable bonds is 3. The lowest BCUT2D eigenvalue weighted by Gasteiger charge is -2.40. The zero-order valence-electron chi connectivity index (χ0n) is 18.3. The summed E-state index contributed by atoms with van der Waals surface area (Å²) >= 11 is 0. The number of benzene rings is 2. The predicted octanol–water partition coefficient (Wildman–Crippen LogP) is 3.74. The Hall–Kier alpha value is -2.73. The standard InChI is InChI=1S/C26H29FN2O3/c27-21-5-3-4-19(16-21)25(31)29-10-8-26(9-11-29)18-20(22-6-1-2-7-23(22)26)17-24(30)28-12-14-32-15-13-28/h1-7,16,20H,8-15,17-18H2/t20-/m1/s1. The van der Waals surface area contributed by atoms with Crippen LogP contribution in [0, 0.1) is 5.82 Å². The molecule has 6 heteroatoms. The molecule has 0 bridgehead atoms. The summed E-state index contributed by atoms with van der Waals surface area (Å²) in [5.41, 5.74) is 3.05. The van der Waals surface area contributed by atoms with E-state index in [1.807, 2.05) is 9.80 Å². The van der Waals surface area contributed by atoms with Crippen molar-refractivity contribution in [2.24, 2.45) is 0 Å². The van der Waals surface area contributed by atoms with Crippen LogP contribution in [-0.2, 0) is 14.9 Å². The van der Waals surface area contributed by atoms with E-state index in [0.29, 0.717) is 51.4 Å². The van der Waals surface area contributed by atoms with Crippen molar-refractivity contribution in [2.75, 3.05) is 39.4 Å². The fourth-order valence-electron chi connectivity index (χ4n) is 5.78. The third kappa shape index (κ3) is 3.92. The molecule has 32 heavy (non-hydrogen) atoms. The Morgan fingerprint density at radius 3 is 2.47 bits per heavy atom. The van der Waals surface area contributed by atoms with Gasteiger partial charge in [-0.05, 0) is 59.9 Å². The molecule has 1 atom stereocenters. The number of halogens is 1. The van der Waals surface area contributed by atoms with E-state index in [9.17, 15) is 14.0 Å². The highest BCUT2D eigenvalue weighted by Crippen LogP contribution is 2.52. The van der Waals surface area contributed by atoms with Crippen LogP contribution in [-0.4, -0.2) is 61.0 Å². The largest absolute Gasteiger partial charge is 0.378 e. The highest BCUT2D eigenvalue weighted by molar-refractivity contribution is 5.94. The second-order valence-corrected chi connectivity index (χ2v) is 9.27. The normalized spacial score (nSPS) is 22.1. The van der Waals surface area contributed by atoms with Crippen LogP contribution in [0.3, 0.4) is 0 Å². The first-order valence-corrected chi connectivity index (χ1v) is 11.6. The quantitative estimate of drug-likeness (QED) is 0.737. The predicted molar refractivity (Wildman–Crippen MR) is 119 cm³/mol. The van der Waals surface area contributed by atoms with E-state index in [1.54, 1.807) is 12.1 Å². The Morgan fingerprint density at radius 1 is 0.969 bits per heavy atom. The van der Waals surface area contributed by atoms with Gasteiger partial charge in [0.15, 0.2) is 0 Å². The minimum atomic E-state index is -0.387. The van der Waals surface area contributed by atoms with Gasteiger partial charge in [0, 0.05) is 38.2 Å². The van der Waals surface area contributed by atoms with Crippen LogP contribution in [0.4, 0.5) is 4.39 Å². The maximum Gasteiger partial charge on any atom is 0.253 e. The zero-order valence-corrected chi connectivity index (χ0v) is 18.3. The van der Waals surface area contributed by atoms with Crippen molar-refractivity contribution in [1.82, 2.24) is 9.80 Å². The number of carbonyl (C=O) groups excluding carboxylic acids is 2. The molecule has 1 aliphatic carbocycles. The molecule has 1 spiro atoms. The van der Waals surface area contributed by atoms with E-state index < -0.39 is 0 Å². The van der Waals surface area contributed by atoms with E-state index in [0.717, 1.165) is 19.3 Å². The molecule has 3 aliphatic rings. The van der Waals surface area contributed by atoms with E-state index in [4.69, 9.17) is 4.74 Å². The molecule has 2 heterocycles. The zero-order chi connectivity index (χ0) is 22.1. The molecule has 2 aromatic rings. The fourth-order valence-corrected chi connectivity index (χ4v) is 5.78. The highest BCUT2D eigenvalue weighted by atomic mass is 19.1. The van der Waals surface area contributed by atoms with Crippen molar-refractivity contribution < 1.29 is 18.7 Å². The van der Waals surface area contributed by atoms with Gasteiger partial charge in [-0.2, -0.15) is 0 Å². The van der Waals surface area contributed by atoms with Crippen molar-refractivity contribution in [1.29, 1.82) is 0 Å². The third-order valence-electron chi connectivity index (χ3n) is 7.47. The molecule has 0 radical (unpaired) electrons. The van der Waals surface area contributed by atoms with Crippen LogP contribution in [0.25, 0.3) is 0 Å². The molecule has 2 fully saturated rings. The average Bonchev–Trinajstić information content (AvgIpc) is 3.12. The Labute approximate surface area is 188 Å². The monoisotopic (exact) mass is 436 g/mol. The maximum atomic E-state index is 13.6. The Kier molecular flexibility index (Phi) is 5.72. The van der Waals surface area contributed by atoms with Crippen LogP contribution in [0.1, 0.15) is 53.1 Å². The summed E-state index contributed by atoms with van der Waals surface area (Å²) in [5.74, 6) is -0.0672. The third-order valence-corrected chi connectivity index (χ3v) is 7.47. The van der Waals surface area contributed by atoms with Gasteiger partial charge in [0.05, 0.1) is 13.2 Å². The van der Waals surface area contributed by atoms with Crippen molar-refractivity contribution in [3.8, 4) is 0 Å². The van der Waals surface area contributed by atoms with Gasteiger partial charge in [-0.1, -0.05) is 30.3 Å². The Morgan fingerprint density at radius 2 is 1.72 bits per heavy atom. The highest BCUT2D eigenvalue weighted by Gasteiger charge is 2.46. The molecule has 0 saturated carbocycles. The van der Waals surface area contributed by atoms with Gasteiger partial charge in [-0.3, -0.25) is 9.59 Å². The summed E-state index contributed by atoms with van der Waals surface area (Å²) in [4.78, 5) is 29.6. The van der Waals surface area contributed by atoms with E-state index in [-0.39, 0.29) is 29.0 Å². The lowest BCUT2D eigenvalue weighted by atomic mass is 9.73. The van der Waals surface area contributed by atoms with E-state index >= 15 is 0 Å². The number of nitrogens with zero attached hydrogens (tertiary/aromatic N) is 2. The van der Waals surface area contributed by atoms with Crippen molar-refractivity contribution in [3.05, 3.63) is 71.0 Å². The first-order valence-electron chi connectivity index (χ1n) is 11.6. The smallest absolute Gasteiger partial charge is 0.253 e. The maximum absolute atomic E-state index is 13.6. The Bertz CT molecular complexity index is 1010. The number of amides is 2. The average molecular weight is 437 g/mol. The molecule has 168 valence electrons.